The van der Waals surface area contributed by atoms with Crippen LogP contribution in [0.3, 0.4) is 0 Å². The number of aromatic nitrogens is 3. The molecule has 0 saturated carbocycles. The molecule has 0 spiro atoms. The van der Waals surface area contributed by atoms with Gasteiger partial charge < -0.3 is 10.2 Å². The van der Waals surface area contributed by atoms with Crippen LogP contribution in [0.2, 0.25) is 0 Å². The summed E-state index contributed by atoms with van der Waals surface area (Å²) in [5, 5.41) is 7.91. The second-order valence-electron chi connectivity index (χ2n) is 6.65. The average Bonchev–Trinajstić information content (AvgIpc) is 3.10. The van der Waals surface area contributed by atoms with Crippen LogP contribution in [0.4, 0.5) is 10.2 Å². The van der Waals surface area contributed by atoms with Gasteiger partial charge >= 0.3 is 0 Å². The average molecular weight is 339 g/mol. The molecule has 3 heterocycles. The Morgan fingerprint density at radius 2 is 2.04 bits per heavy atom. The fraction of sp³-hybridized carbons (Fsp3) is 0.368. The predicted octanol–water partition coefficient (Wildman–Crippen LogP) is 3.43. The van der Waals surface area contributed by atoms with Crippen molar-refractivity contribution < 1.29 is 4.39 Å². The van der Waals surface area contributed by atoms with E-state index in [1.807, 2.05) is 16.6 Å². The van der Waals surface area contributed by atoms with Crippen LogP contribution in [-0.2, 0) is 0 Å². The number of likely N-dealkylation sites (N-methyl/N-ethyl adjacent to an activating group) is 1. The van der Waals surface area contributed by atoms with Crippen LogP contribution >= 0.6 is 0 Å². The summed E-state index contributed by atoms with van der Waals surface area (Å²) in [6, 6.07) is 10.8. The zero-order valence-corrected chi connectivity index (χ0v) is 14.3. The third-order valence-electron chi connectivity index (χ3n) is 4.94. The number of rotatable bonds is 4. The van der Waals surface area contributed by atoms with E-state index in [4.69, 9.17) is 0 Å². The largest absolute Gasteiger partial charge is 0.368 e. The van der Waals surface area contributed by atoms with E-state index in [1.54, 1.807) is 18.3 Å². The minimum absolute atomic E-state index is 0.243. The number of likely N-dealkylation sites (tertiary alicyclic amines) is 1. The van der Waals surface area contributed by atoms with Gasteiger partial charge in [0.15, 0.2) is 5.65 Å². The van der Waals surface area contributed by atoms with Crippen LogP contribution in [0, 0.1) is 5.82 Å². The quantitative estimate of drug-likeness (QED) is 0.791. The van der Waals surface area contributed by atoms with Crippen molar-refractivity contribution in [3.05, 3.63) is 48.4 Å². The van der Waals surface area contributed by atoms with Gasteiger partial charge in [0.25, 0.3) is 0 Å². The lowest BCUT2D eigenvalue weighted by molar-refractivity contribution is 0.194. The van der Waals surface area contributed by atoms with Crippen LogP contribution in [0.25, 0.3) is 16.9 Å². The maximum Gasteiger partial charge on any atom is 0.157 e. The molecule has 0 radical (unpaired) electrons. The van der Waals surface area contributed by atoms with Gasteiger partial charge in [0.05, 0.1) is 11.9 Å². The van der Waals surface area contributed by atoms with Crippen LogP contribution in [0.1, 0.15) is 19.3 Å². The minimum Gasteiger partial charge on any atom is -0.368 e. The highest BCUT2D eigenvalue weighted by molar-refractivity contribution is 5.66. The summed E-state index contributed by atoms with van der Waals surface area (Å²) in [7, 11) is 2.19. The molecule has 1 aromatic carbocycles. The SMILES string of the molecule is CN1CCCCC1CNc1cc(-c2ccc(F)cc2)nc2ccnn12. The first kappa shape index (κ1) is 16.0. The maximum absolute atomic E-state index is 13.2. The molecule has 1 unspecified atom stereocenters. The zero-order chi connectivity index (χ0) is 17.2. The highest BCUT2D eigenvalue weighted by Gasteiger charge is 2.19. The van der Waals surface area contributed by atoms with Crippen molar-refractivity contribution in [1.82, 2.24) is 19.5 Å². The Bertz CT molecular complexity index is 858. The summed E-state index contributed by atoms with van der Waals surface area (Å²) in [6.07, 6.45) is 5.52. The molecule has 0 amide bonds. The first-order chi connectivity index (χ1) is 12.2. The van der Waals surface area contributed by atoms with Crippen LogP contribution in [0.5, 0.6) is 0 Å². The Kier molecular flexibility index (Phi) is 4.36. The molecule has 1 N–H and O–H groups in total. The number of hydrogen-bond donors (Lipinski definition) is 1. The number of halogens is 1. The molecule has 25 heavy (non-hydrogen) atoms. The van der Waals surface area contributed by atoms with Gasteiger partial charge in [-0.05, 0) is 50.7 Å². The van der Waals surface area contributed by atoms with Gasteiger partial charge in [-0.25, -0.2) is 9.37 Å². The molecule has 1 fully saturated rings. The second-order valence-corrected chi connectivity index (χ2v) is 6.65. The van der Waals surface area contributed by atoms with Crippen molar-refractivity contribution >= 4 is 11.5 Å². The van der Waals surface area contributed by atoms with Crippen molar-refractivity contribution in [2.75, 3.05) is 25.5 Å². The van der Waals surface area contributed by atoms with E-state index in [0.717, 1.165) is 35.8 Å². The molecule has 1 atom stereocenters. The van der Waals surface area contributed by atoms with E-state index in [0.29, 0.717) is 6.04 Å². The van der Waals surface area contributed by atoms with Crippen LogP contribution < -0.4 is 5.32 Å². The number of fused-ring (bicyclic) bond motifs is 1. The standard InChI is InChI=1S/C19H22FN5/c1-24-11-3-2-4-16(24)13-21-19-12-17(14-5-7-15(20)8-6-14)23-18-9-10-22-25(18)19/h5-10,12,16,21H,2-4,11,13H2,1H3. The Labute approximate surface area is 146 Å². The Morgan fingerprint density at radius 3 is 2.84 bits per heavy atom. The number of hydrogen-bond acceptors (Lipinski definition) is 4. The van der Waals surface area contributed by atoms with Crippen molar-refractivity contribution in [3.63, 3.8) is 0 Å². The third kappa shape index (κ3) is 3.35. The molecule has 1 aliphatic heterocycles. The van der Waals surface area contributed by atoms with Crippen molar-refractivity contribution in [2.45, 2.75) is 25.3 Å². The molecule has 1 saturated heterocycles. The van der Waals surface area contributed by atoms with Gasteiger partial charge in [-0.1, -0.05) is 6.42 Å². The van der Waals surface area contributed by atoms with Crippen molar-refractivity contribution in [1.29, 1.82) is 0 Å². The van der Waals surface area contributed by atoms with Crippen LogP contribution in [-0.4, -0.2) is 45.7 Å². The second kappa shape index (κ2) is 6.80. The van der Waals surface area contributed by atoms with E-state index in [1.165, 1.54) is 31.4 Å². The summed E-state index contributed by atoms with van der Waals surface area (Å²) in [6.45, 7) is 2.03. The maximum atomic E-state index is 13.2. The van der Waals surface area contributed by atoms with Gasteiger partial charge in [0, 0.05) is 30.3 Å². The fourth-order valence-corrected chi connectivity index (χ4v) is 3.43. The number of piperidine rings is 1. The van der Waals surface area contributed by atoms with Crippen LogP contribution in [0.15, 0.2) is 42.6 Å². The molecule has 1 aliphatic rings. The van der Waals surface area contributed by atoms with Crippen molar-refractivity contribution in [3.8, 4) is 11.3 Å². The van der Waals surface area contributed by atoms with E-state index < -0.39 is 0 Å². The zero-order valence-electron chi connectivity index (χ0n) is 14.3. The monoisotopic (exact) mass is 339 g/mol. The van der Waals surface area contributed by atoms with Gasteiger partial charge in [-0.15, -0.1) is 0 Å². The van der Waals surface area contributed by atoms with E-state index in [-0.39, 0.29) is 5.82 Å². The summed E-state index contributed by atoms with van der Waals surface area (Å²) >= 11 is 0. The molecule has 3 aromatic rings. The topological polar surface area (TPSA) is 45.5 Å². The normalized spacial score (nSPS) is 18.6. The Hall–Kier alpha value is -2.47. The Morgan fingerprint density at radius 1 is 1.20 bits per heavy atom. The smallest absolute Gasteiger partial charge is 0.157 e. The Balaban J connectivity index is 1.63. The third-order valence-corrected chi connectivity index (χ3v) is 4.94. The molecular weight excluding hydrogens is 317 g/mol. The lowest BCUT2D eigenvalue weighted by Crippen LogP contribution is -2.41. The van der Waals surface area contributed by atoms with Gasteiger partial charge in [-0.2, -0.15) is 9.61 Å². The molecule has 0 aliphatic carbocycles. The summed E-state index contributed by atoms with van der Waals surface area (Å²) in [5.74, 6) is 0.668. The van der Waals surface area contributed by atoms with Crippen molar-refractivity contribution in [2.24, 2.45) is 0 Å². The van der Waals surface area contributed by atoms with E-state index in [9.17, 15) is 4.39 Å². The number of nitrogens with zero attached hydrogens (tertiary/aromatic N) is 4. The molecule has 4 rings (SSSR count). The molecule has 6 heteroatoms. The first-order valence-corrected chi connectivity index (χ1v) is 8.75. The molecule has 130 valence electrons. The lowest BCUT2D eigenvalue weighted by Gasteiger charge is -2.32. The molecule has 5 nitrogen and oxygen atoms in total. The number of benzene rings is 1. The van der Waals surface area contributed by atoms with E-state index >= 15 is 0 Å². The summed E-state index contributed by atoms with van der Waals surface area (Å²) in [5.41, 5.74) is 2.48. The summed E-state index contributed by atoms with van der Waals surface area (Å²) < 4.78 is 15.0. The van der Waals surface area contributed by atoms with Gasteiger partial charge in [0.1, 0.15) is 11.6 Å². The first-order valence-electron chi connectivity index (χ1n) is 8.75. The predicted molar refractivity (Wildman–Crippen MR) is 97.1 cm³/mol. The number of anilines is 1. The lowest BCUT2D eigenvalue weighted by atomic mass is 10.0. The highest BCUT2D eigenvalue weighted by Crippen LogP contribution is 2.23. The molecule has 0 bridgehead atoms. The molecular formula is C19H22FN5. The summed E-state index contributed by atoms with van der Waals surface area (Å²) in [4.78, 5) is 7.05. The fourth-order valence-electron chi connectivity index (χ4n) is 3.43. The van der Waals surface area contributed by atoms with Gasteiger partial charge in [-0.3, -0.25) is 0 Å². The van der Waals surface area contributed by atoms with Gasteiger partial charge in [0.2, 0.25) is 0 Å². The number of nitrogens with one attached hydrogen (secondary N) is 1. The van der Waals surface area contributed by atoms with E-state index in [2.05, 4.69) is 27.3 Å². The minimum atomic E-state index is -0.243. The molecule has 2 aromatic heterocycles. The highest BCUT2D eigenvalue weighted by atomic mass is 19.1.